The van der Waals surface area contributed by atoms with Crippen LogP contribution < -0.4 is 4.90 Å². The summed E-state index contributed by atoms with van der Waals surface area (Å²) in [5.41, 5.74) is 5.23. The van der Waals surface area contributed by atoms with Gasteiger partial charge in [0, 0.05) is 30.5 Å². The quantitative estimate of drug-likeness (QED) is 0.354. The van der Waals surface area contributed by atoms with Gasteiger partial charge in [0.25, 0.3) is 0 Å². The first kappa shape index (κ1) is 21.3. The summed E-state index contributed by atoms with van der Waals surface area (Å²) in [7, 11) is 0. The van der Waals surface area contributed by atoms with E-state index in [1.807, 2.05) is 11.5 Å². The number of morpholine rings is 1. The number of hydrogen-bond acceptors (Lipinski definition) is 5. The van der Waals surface area contributed by atoms with Crippen LogP contribution in [0.1, 0.15) is 5.82 Å². The molecule has 0 amide bonds. The molecular formula is C24H19Cl2FN6O. The maximum atomic E-state index is 15.1. The van der Waals surface area contributed by atoms with Gasteiger partial charge in [-0.15, -0.1) is 0 Å². The molecule has 172 valence electrons. The molecule has 0 saturated carbocycles. The van der Waals surface area contributed by atoms with Gasteiger partial charge in [-0.05, 0) is 48.9 Å². The van der Waals surface area contributed by atoms with Crippen molar-refractivity contribution in [2.45, 2.75) is 6.92 Å². The van der Waals surface area contributed by atoms with Crippen molar-refractivity contribution in [1.29, 1.82) is 0 Å². The Hall–Kier alpha value is -3.20. The van der Waals surface area contributed by atoms with Crippen molar-refractivity contribution in [3.8, 4) is 16.9 Å². The highest BCUT2D eigenvalue weighted by molar-refractivity contribution is 6.35. The van der Waals surface area contributed by atoms with E-state index in [1.54, 1.807) is 18.5 Å². The molecule has 1 fully saturated rings. The molecule has 0 aliphatic carbocycles. The van der Waals surface area contributed by atoms with Crippen LogP contribution in [0.15, 0.2) is 42.7 Å². The maximum Gasteiger partial charge on any atom is 0.200 e. The lowest BCUT2D eigenvalue weighted by atomic mass is 10.1. The molecule has 2 aromatic carbocycles. The van der Waals surface area contributed by atoms with Crippen LogP contribution in [-0.4, -0.2) is 50.8 Å². The van der Waals surface area contributed by atoms with E-state index in [1.165, 1.54) is 12.1 Å². The van der Waals surface area contributed by atoms with Gasteiger partial charge in [-0.2, -0.15) is 0 Å². The number of imidazole rings is 2. The average Bonchev–Trinajstić information content (AvgIpc) is 3.43. The van der Waals surface area contributed by atoms with Crippen LogP contribution >= 0.6 is 23.2 Å². The molecule has 4 heterocycles. The minimum atomic E-state index is -0.395. The molecule has 0 atom stereocenters. The second-order valence-corrected chi connectivity index (χ2v) is 8.89. The first-order valence-electron chi connectivity index (χ1n) is 10.8. The van der Waals surface area contributed by atoms with E-state index in [-0.39, 0.29) is 0 Å². The van der Waals surface area contributed by atoms with Crippen LogP contribution in [0.5, 0.6) is 0 Å². The zero-order valence-corrected chi connectivity index (χ0v) is 19.7. The SMILES string of the molecule is Cc1nc2c(-c3cnc(Cl)[nH]3)cc(N3CCOCC3)cc2n1-c1ccnc2c(Cl)ccc(F)c12. The van der Waals surface area contributed by atoms with E-state index in [4.69, 9.17) is 32.9 Å². The number of aryl methyl sites for hydroxylation is 1. The molecule has 1 aliphatic heterocycles. The van der Waals surface area contributed by atoms with Crippen molar-refractivity contribution in [1.82, 2.24) is 24.5 Å². The Morgan fingerprint density at radius 1 is 1.06 bits per heavy atom. The number of nitrogens with zero attached hydrogens (tertiary/aromatic N) is 5. The van der Waals surface area contributed by atoms with E-state index in [0.29, 0.717) is 45.9 Å². The summed E-state index contributed by atoms with van der Waals surface area (Å²) in [6.07, 6.45) is 3.32. The van der Waals surface area contributed by atoms with Crippen LogP contribution in [-0.2, 0) is 4.74 Å². The van der Waals surface area contributed by atoms with Gasteiger partial charge in [-0.3, -0.25) is 9.55 Å². The smallest absolute Gasteiger partial charge is 0.200 e. The Balaban J connectivity index is 1.68. The summed E-state index contributed by atoms with van der Waals surface area (Å²) >= 11 is 12.5. The molecule has 5 aromatic rings. The van der Waals surface area contributed by atoms with Gasteiger partial charge in [0.15, 0.2) is 5.28 Å². The zero-order valence-electron chi connectivity index (χ0n) is 18.1. The van der Waals surface area contributed by atoms with Crippen molar-refractivity contribution >= 4 is 50.8 Å². The van der Waals surface area contributed by atoms with Crippen LogP contribution in [0.25, 0.3) is 38.9 Å². The third kappa shape index (κ3) is 3.41. The summed E-state index contributed by atoms with van der Waals surface area (Å²) in [4.78, 5) is 18.7. The Morgan fingerprint density at radius 2 is 1.88 bits per heavy atom. The number of fused-ring (bicyclic) bond motifs is 2. The monoisotopic (exact) mass is 496 g/mol. The van der Waals surface area contributed by atoms with Gasteiger partial charge < -0.3 is 14.6 Å². The number of pyridine rings is 1. The zero-order chi connectivity index (χ0) is 23.4. The van der Waals surface area contributed by atoms with Crippen molar-refractivity contribution in [3.05, 3.63) is 64.7 Å². The highest BCUT2D eigenvalue weighted by Crippen LogP contribution is 2.37. The molecule has 3 aromatic heterocycles. The molecule has 1 saturated heterocycles. The highest BCUT2D eigenvalue weighted by Gasteiger charge is 2.22. The van der Waals surface area contributed by atoms with E-state index < -0.39 is 5.82 Å². The fourth-order valence-corrected chi connectivity index (χ4v) is 4.95. The minimum Gasteiger partial charge on any atom is -0.378 e. The molecule has 34 heavy (non-hydrogen) atoms. The number of halogens is 3. The molecule has 1 N–H and O–H groups in total. The normalized spacial score (nSPS) is 14.4. The van der Waals surface area contributed by atoms with Gasteiger partial charge in [0.1, 0.15) is 11.6 Å². The number of benzene rings is 2. The second kappa shape index (κ2) is 8.23. The van der Waals surface area contributed by atoms with E-state index in [9.17, 15) is 0 Å². The number of ether oxygens (including phenoxy) is 1. The first-order valence-corrected chi connectivity index (χ1v) is 11.6. The first-order chi connectivity index (χ1) is 16.5. The number of anilines is 1. The Labute approximate surface area is 204 Å². The molecule has 6 rings (SSSR count). The van der Waals surface area contributed by atoms with E-state index in [2.05, 4.69) is 32.0 Å². The minimum absolute atomic E-state index is 0.299. The van der Waals surface area contributed by atoms with E-state index in [0.717, 1.165) is 41.1 Å². The maximum absolute atomic E-state index is 15.1. The van der Waals surface area contributed by atoms with Crippen LogP contribution in [0.3, 0.4) is 0 Å². The molecule has 0 unspecified atom stereocenters. The predicted molar refractivity (Wildman–Crippen MR) is 132 cm³/mol. The molecule has 7 nitrogen and oxygen atoms in total. The van der Waals surface area contributed by atoms with Gasteiger partial charge in [-0.1, -0.05) is 11.6 Å². The van der Waals surface area contributed by atoms with Gasteiger partial charge in [0.2, 0.25) is 0 Å². The summed E-state index contributed by atoms with van der Waals surface area (Å²) in [5.74, 6) is 0.307. The van der Waals surface area contributed by atoms with Crippen molar-refractivity contribution in [2.75, 3.05) is 31.2 Å². The number of H-pyrrole nitrogens is 1. The Morgan fingerprint density at radius 3 is 2.65 bits per heavy atom. The topological polar surface area (TPSA) is 71.9 Å². The van der Waals surface area contributed by atoms with Gasteiger partial charge >= 0.3 is 0 Å². The van der Waals surface area contributed by atoms with Crippen molar-refractivity contribution in [2.24, 2.45) is 0 Å². The lowest BCUT2D eigenvalue weighted by molar-refractivity contribution is 0.122. The Bertz CT molecular complexity index is 1560. The molecule has 0 radical (unpaired) electrons. The lowest BCUT2D eigenvalue weighted by Crippen LogP contribution is -2.36. The van der Waals surface area contributed by atoms with Crippen molar-refractivity contribution < 1.29 is 9.13 Å². The number of aromatic amines is 1. The fourth-order valence-electron chi connectivity index (χ4n) is 4.59. The van der Waals surface area contributed by atoms with Gasteiger partial charge in [-0.25, -0.2) is 14.4 Å². The molecule has 1 aliphatic rings. The standard InChI is InChI=1S/C24H19Cl2FN6O/c1-13-30-22-15(18-12-29-24(26)31-18)10-14(32-6-8-34-9-7-32)11-20(22)33(13)19-4-5-28-23-16(25)2-3-17(27)21(19)23/h2-5,10-12H,6-9H2,1H3,(H,29,31). The van der Waals surface area contributed by atoms with Crippen molar-refractivity contribution in [3.63, 3.8) is 0 Å². The lowest BCUT2D eigenvalue weighted by Gasteiger charge is -2.29. The fraction of sp³-hybridized carbons (Fsp3) is 0.208. The molecular weight excluding hydrogens is 478 g/mol. The largest absolute Gasteiger partial charge is 0.378 e. The number of nitrogens with one attached hydrogen (secondary N) is 1. The molecule has 0 bridgehead atoms. The van der Waals surface area contributed by atoms with Crippen LogP contribution in [0.2, 0.25) is 10.3 Å². The number of rotatable bonds is 3. The predicted octanol–water partition coefficient (Wildman–Crippen LogP) is 5.55. The number of aromatic nitrogens is 5. The van der Waals surface area contributed by atoms with Crippen LogP contribution in [0.4, 0.5) is 10.1 Å². The third-order valence-corrected chi connectivity index (χ3v) is 6.63. The van der Waals surface area contributed by atoms with Gasteiger partial charge in [0.05, 0.1) is 57.8 Å². The second-order valence-electron chi connectivity index (χ2n) is 8.13. The third-order valence-electron chi connectivity index (χ3n) is 6.13. The molecule has 0 spiro atoms. The number of hydrogen-bond donors (Lipinski definition) is 1. The Kier molecular flexibility index (Phi) is 5.17. The summed E-state index contributed by atoms with van der Waals surface area (Å²) in [6, 6.07) is 8.82. The van der Waals surface area contributed by atoms with E-state index >= 15 is 4.39 Å². The summed E-state index contributed by atoms with van der Waals surface area (Å²) < 4.78 is 22.6. The highest BCUT2D eigenvalue weighted by atomic mass is 35.5. The summed E-state index contributed by atoms with van der Waals surface area (Å²) in [5, 5.41) is 1.04. The average molecular weight is 497 g/mol. The van der Waals surface area contributed by atoms with Crippen LogP contribution in [0, 0.1) is 12.7 Å². The summed E-state index contributed by atoms with van der Waals surface area (Å²) in [6.45, 7) is 4.74. The molecule has 10 heteroatoms.